The van der Waals surface area contributed by atoms with E-state index in [0.717, 1.165) is 0 Å². The zero-order valence-corrected chi connectivity index (χ0v) is 12.3. The minimum Gasteiger partial charge on any atom is -1.00 e. The van der Waals surface area contributed by atoms with Crippen molar-refractivity contribution in [1.82, 2.24) is 0 Å². The average molecular weight is 553 g/mol. The summed E-state index contributed by atoms with van der Waals surface area (Å²) in [6, 6.07) is 0. The van der Waals surface area contributed by atoms with Crippen molar-refractivity contribution < 1.29 is 69.0 Å². The Hall–Kier alpha value is 1.11. The fourth-order valence-corrected chi connectivity index (χ4v) is 0.513. The summed E-state index contributed by atoms with van der Waals surface area (Å²) in [7, 11) is 0. The molecule has 0 amide bonds. The van der Waals surface area contributed by atoms with Crippen molar-refractivity contribution in [1.29, 1.82) is 0 Å². The SMILES string of the molecule is C1=C\C=C/C=C\C=C/1.[I-].[I-].[Pt+2]. The van der Waals surface area contributed by atoms with E-state index < -0.39 is 0 Å². The van der Waals surface area contributed by atoms with E-state index in [9.17, 15) is 0 Å². The van der Waals surface area contributed by atoms with Crippen LogP contribution in [0, 0.1) is 0 Å². The number of halogens is 2. The smallest absolute Gasteiger partial charge is 1.00 e. The molecule has 64 valence electrons. The zero-order valence-electron chi connectivity index (χ0n) is 5.69. The maximum Gasteiger partial charge on any atom is 2.00 e. The molecule has 0 aromatic carbocycles. The molecule has 0 nitrogen and oxygen atoms in total. The molecule has 0 aliphatic heterocycles. The van der Waals surface area contributed by atoms with Crippen molar-refractivity contribution >= 4 is 0 Å². The maximum absolute atomic E-state index is 2.00. The molecular weight excluding hydrogens is 545 g/mol. The molecule has 1 aliphatic carbocycles. The Balaban J connectivity index is -0.000000213. The minimum absolute atomic E-state index is 0. The van der Waals surface area contributed by atoms with Gasteiger partial charge in [-0.25, -0.2) is 0 Å². The summed E-state index contributed by atoms with van der Waals surface area (Å²) < 4.78 is 0. The van der Waals surface area contributed by atoms with Crippen LogP contribution in [0.3, 0.4) is 0 Å². The monoisotopic (exact) mass is 553 g/mol. The van der Waals surface area contributed by atoms with Crippen molar-refractivity contribution in [3.05, 3.63) is 48.6 Å². The van der Waals surface area contributed by atoms with Gasteiger partial charge in [0, 0.05) is 0 Å². The summed E-state index contributed by atoms with van der Waals surface area (Å²) in [5.74, 6) is 0. The van der Waals surface area contributed by atoms with Crippen LogP contribution in [0.5, 0.6) is 0 Å². The molecule has 0 N–H and O–H groups in total. The summed E-state index contributed by atoms with van der Waals surface area (Å²) in [6.45, 7) is 0. The van der Waals surface area contributed by atoms with E-state index in [2.05, 4.69) is 0 Å². The Kier molecular flexibility index (Phi) is 22.4. The van der Waals surface area contributed by atoms with E-state index >= 15 is 0 Å². The molecule has 0 aromatic rings. The normalized spacial score (nSPS) is 23.3. The Morgan fingerprint density at radius 3 is 0.545 bits per heavy atom. The molecule has 0 spiro atoms. The average Bonchev–Trinajstić information content (AvgIpc) is 1.62. The summed E-state index contributed by atoms with van der Waals surface area (Å²) in [6.07, 6.45) is 16.0. The molecule has 0 radical (unpaired) electrons. The van der Waals surface area contributed by atoms with Gasteiger partial charge < -0.3 is 48.0 Å². The molecule has 0 fully saturated rings. The standard InChI is InChI=1S/C8H8.2HI.Pt/c1-2-4-6-8-7-5-3-1;;;/h1-8H;2*1H;/q;;;+2/p-2/b2-1-,3-1?,4-2?,5-3-,6-4-,7-5?,8-6?,8-7-;;;. The molecule has 11 heavy (non-hydrogen) atoms. The van der Waals surface area contributed by atoms with E-state index in [4.69, 9.17) is 0 Å². The van der Waals surface area contributed by atoms with Gasteiger partial charge in [-0.3, -0.25) is 0 Å². The summed E-state index contributed by atoms with van der Waals surface area (Å²) in [4.78, 5) is 0. The van der Waals surface area contributed by atoms with Gasteiger partial charge in [-0.1, -0.05) is 48.6 Å². The third-order valence-electron chi connectivity index (χ3n) is 0.889. The van der Waals surface area contributed by atoms with Gasteiger partial charge >= 0.3 is 21.1 Å². The first kappa shape index (κ1) is 18.0. The van der Waals surface area contributed by atoms with Crippen molar-refractivity contribution in [2.45, 2.75) is 0 Å². The Labute approximate surface area is 116 Å². The van der Waals surface area contributed by atoms with Gasteiger partial charge in [0.05, 0.1) is 0 Å². The molecular formula is C8H8I2Pt. The van der Waals surface area contributed by atoms with E-state index in [1.807, 2.05) is 48.6 Å². The van der Waals surface area contributed by atoms with Crippen molar-refractivity contribution in [2.24, 2.45) is 0 Å². The third-order valence-corrected chi connectivity index (χ3v) is 0.889. The van der Waals surface area contributed by atoms with Crippen LogP contribution in [0.4, 0.5) is 0 Å². The van der Waals surface area contributed by atoms with Crippen LogP contribution in [-0.4, -0.2) is 0 Å². The van der Waals surface area contributed by atoms with E-state index in [-0.39, 0.29) is 69.0 Å². The third kappa shape index (κ3) is 11.1. The van der Waals surface area contributed by atoms with Gasteiger partial charge in [0.25, 0.3) is 0 Å². The predicted octanol–water partition coefficient (Wildman–Crippen LogP) is -3.77. The van der Waals surface area contributed by atoms with Crippen molar-refractivity contribution in [2.75, 3.05) is 0 Å². The summed E-state index contributed by atoms with van der Waals surface area (Å²) in [5.41, 5.74) is 0. The van der Waals surface area contributed by atoms with Crippen LogP contribution in [0.2, 0.25) is 0 Å². The second-order valence-corrected chi connectivity index (χ2v) is 1.54. The van der Waals surface area contributed by atoms with Crippen LogP contribution in [0.1, 0.15) is 0 Å². The molecule has 0 bridgehead atoms. The van der Waals surface area contributed by atoms with Gasteiger partial charge in [0.1, 0.15) is 0 Å². The van der Waals surface area contributed by atoms with Crippen LogP contribution in [0.15, 0.2) is 48.6 Å². The van der Waals surface area contributed by atoms with Gasteiger partial charge in [-0.05, 0) is 0 Å². The van der Waals surface area contributed by atoms with Gasteiger partial charge in [0.2, 0.25) is 0 Å². The second-order valence-electron chi connectivity index (χ2n) is 1.54. The van der Waals surface area contributed by atoms with Crippen LogP contribution < -0.4 is 48.0 Å². The fraction of sp³-hybridized carbons (Fsp3) is 0. The summed E-state index contributed by atoms with van der Waals surface area (Å²) >= 11 is 0. The zero-order chi connectivity index (χ0) is 5.66. The number of rotatable bonds is 0. The first-order chi connectivity index (χ1) is 4.00. The molecule has 1 rings (SSSR count). The fourth-order valence-electron chi connectivity index (χ4n) is 0.513. The van der Waals surface area contributed by atoms with Crippen LogP contribution in [0.25, 0.3) is 0 Å². The molecule has 0 heterocycles. The largest absolute Gasteiger partial charge is 2.00 e. The van der Waals surface area contributed by atoms with Crippen LogP contribution in [-0.2, 0) is 21.1 Å². The molecule has 0 unspecified atom stereocenters. The van der Waals surface area contributed by atoms with Gasteiger partial charge in [-0.2, -0.15) is 0 Å². The van der Waals surface area contributed by atoms with E-state index in [0.29, 0.717) is 0 Å². The first-order valence-corrected chi connectivity index (χ1v) is 2.67. The molecule has 0 aromatic heterocycles. The minimum atomic E-state index is 0. The molecule has 0 atom stereocenters. The quantitative estimate of drug-likeness (QED) is 0.271. The maximum atomic E-state index is 2.00. The molecule has 1 aliphatic rings. The Morgan fingerprint density at radius 1 is 0.364 bits per heavy atom. The van der Waals surface area contributed by atoms with Crippen molar-refractivity contribution in [3.63, 3.8) is 0 Å². The predicted molar refractivity (Wildman–Crippen MR) is 36.6 cm³/mol. The van der Waals surface area contributed by atoms with Crippen LogP contribution >= 0.6 is 0 Å². The second kappa shape index (κ2) is 13.7. The number of hydrogen-bond donors (Lipinski definition) is 0. The topological polar surface area (TPSA) is 0 Å². The first-order valence-electron chi connectivity index (χ1n) is 2.67. The molecule has 0 saturated heterocycles. The van der Waals surface area contributed by atoms with E-state index in [1.165, 1.54) is 0 Å². The van der Waals surface area contributed by atoms with Gasteiger partial charge in [-0.15, -0.1) is 0 Å². The number of hydrogen-bond acceptors (Lipinski definition) is 0. The van der Waals surface area contributed by atoms with Gasteiger partial charge in [0.15, 0.2) is 0 Å². The van der Waals surface area contributed by atoms with Crippen molar-refractivity contribution in [3.8, 4) is 0 Å². The molecule has 0 saturated carbocycles. The Bertz CT molecular complexity index is 113. The van der Waals surface area contributed by atoms with E-state index in [1.54, 1.807) is 0 Å². The molecule has 3 heteroatoms. The number of allylic oxidation sites excluding steroid dienone is 8. The summed E-state index contributed by atoms with van der Waals surface area (Å²) in [5, 5.41) is 0. The Morgan fingerprint density at radius 2 is 0.455 bits per heavy atom.